The van der Waals surface area contributed by atoms with Gasteiger partial charge in [-0.15, -0.1) is 0 Å². The lowest BCUT2D eigenvalue weighted by Crippen LogP contribution is -2.44. The average Bonchev–Trinajstić information content (AvgIpc) is 3.33. The van der Waals surface area contributed by atoms with Gasteiger partial charge in [0.15, 0.2) is 0 Å². The molecule has 1 aromatic carbocycles. The monoisotopic (exact) mass is 401 g/mol. The lowest BCUT2D eigenvalue weighted by molar-refractivity contribution is -0.142. The minimum Gasteiger partial charge on any atom is -0.493 e. The summed E-state index contributed by atoms with van der Waals surface area (Å²) < 4.78 is 16.9. The Bertz CT molecular complexity index is 952. The Morgan fingerprint density at radius 2 is 2.29 bits per heavy atom. The van der Waals surface area contributed by atoms with E-state index in [0.717, 1.165) is 29.7 Å². The van der Waals surface area contributed by atoms with Gasteiger partial charge in [0.1, 0.15) is 17.7 Å². The molecule has 0 bridgehead atoms. The molecule has 1 spiro atoms. The van der Waals surface area contributed by atoms with Gasteiger partial charge in [-0.05, 0) is 47.9 Å². The molecule has 1 fully saturated rings. The third-order valence-electron chi connectivity index (χ3n) is 5.98. The van der Waals surface area contributed by atoms with Crippen molar-refractivity contribution in [1.82, 2.24) is 0 Å². The van der Waals surface area contributed by atoms with E-state index >= 15 is 0 Å². The lowest BCUT2D eigenvalue weighted by atomic mass is 9.73. The predicted molar refractivity (Wildman–Crippen MR) is 102 cm³/mol. The van der Waals surface area contributed by atoms with Gasteiger partial charge in [0.05, 0.1) is 25.9 Å². The smallest absolute Gasteiger partial charge is 0.326 e. The summed E-state index contributed by atoms with van der Waals surface area (Å²) in [6.45, 7) is 2.78. The molecule has 6 nitrogen and oxygen atoms in total. The Morgan fingerprint density at radius 3 is 3.11 bits per heavy atom. The number of hydrogen-bond acceptors (Lipinski definition) is 5. The molecule has 0 radical (unpaired) electrons. The van der Waals surface area contributed by atoms with Gasteiger partial charge in [-0.2, -0.15) is 0 Å². The van der Waals surface area contributed by atoms with E-state index in [9.17, 15) is 9.59 Å². The summed E-state index contributed by atoms with van der Waals surface area (Å²) in [5, 5.41) is 0.542. The van der Waals surface area contributed by atoms with Crippen molar-refractivity contribution in [2.75, 3.05) is 31.3 Å². The van der Waals surface area contributed by atoms with E-state index in [1.807, 2.05) is 12.1 Å². The van der Waals surface area contributed by atoms with Crippen LogP contribution in [-0.4, -0.2) is 44.3 Å². The zero-order chi connectivity index (χ0) is 19.5. The Morgan fingerprint density at radius 1 is 1.43 bits per heavy atom. The Balaban J connectivity index is 1.63. The molecule has 1 amide bonds. The number of benzene rings is 1. The topological polar surface area (TPSA) is 65.1 Å². The van der Waals surface area contributed by atoms with Crippen LogP contribution in [0.5, 0.6) is 0 Å². The van der Waals surface area contributed by atoms with E-state index in [2.05, 4.69) is 0 Å². The standard InChI is InChI=1S/C21H20ClNO5/c1-2-26-19(24)10-23-16-4-3-13(22)8-14(16)21(20(23)25)11-28-18-7-12-5-6-27-17(12)9-15(18)21/h3-4,8-9,18H,2,5-7,10-11H2,1H3. The number of esters is 1. The van der Waals surface area contributed by atoms with Gasteiger partial charge >= 0.3 is 5.97 Å². The molecule has 1 saturated heterocycles. The Hall–Kier alpha value is -2.31. The fourth-order valence-corrected chi connectivity index (χ4v) is 4.90. The summed E-state index contributed by atoms with van der Waals surface area (Å²) in [5.74, 6) is 0.246. The van der Waals surface area contributed by atoms with Crippen LogP contribution in [0.3, 0.4) is 0 Å². The van der Waals surface area contributed by atoms with Crippen LogP contribution in [0.4, 0.5) is 5.69 Å². The Labute approximate surface area is 167 Å². The number of ether oxygens (including phenoxy) is 3. The second-order valence-corrected chi connectivity index (χ2v) is 7.87. The average molecular weight is 402 g/mol. The molecule has 0 N–H and O–H groups in total. The molecule has 1 aromatic rings. The number of carbonyl (C=O) groups excluding carboxylic acids is 2. The SMILES string of the molecule is CCOC(=O)CN1C(=O)C2(COC3CC4=C(C=C32)OCC4)c2cc(Cl)ccc21. The van der Waals surface area contributed by atoms with Gasteiger partial charge in [-0.25, -0.2) is 0 Å². The van der Waals surface area contributed by atoms with E-state index in [4.69, 9.17) is 25.8 Å². The van der Waals surface area contributed by atoms with Crippen molar-refractivity contribution >= 4 is 29.2 Å². The molecular weight excluding hydrogens is 382 g/mol. The largest absolute Gasteiger partial charge is 0.493 e. The van der Waals surface area contributed by atoms with Crippen LogP contribution in [-0.2, 0) is 29.2 Å². The molecule has 0 aromatic heterocycles. The highest BCUT2D eigenvalue weighted by atomic mass is 35.5. The number of halogens is 1. The summed E-state index contributed by atoms with van der Waals surface area (Å²) in [4.78, 5) is 27.3. The van der Waals surface area contributed by atoms with Crippen LogP contribution in [0.1, 0.15) is 25.3 Å². The molecule has 28 heavy (non-hydrogen) atoms. The zero-order valence-electron chi connectivity index (χ0n) is 15.5. The molecule has 2 atom stereocenters. The molecule has 3 aliphatic heterocycles. The summed E-state index contributed by atoms with van der Waals surface area (Å²) in [6.07, 6.45) is 3.46. The van der Waals surface area contributed by atoms with Crippen molar-refractivity contribution in [1.29, 1.82) is 0 Å². The van der Waals surface area contributed by atoms with Crippen molar-refractivity contribution < 1.29 is 23.8 Å². The van der Waals surface area contributed by atoms with Crippen molar-refractivity contribution in [3.63, 3.8) is 0 Å². The number of fused-ring (bicyclic) bond motifs is 4. The van der Waals surface area contributed by atoms with Gasteiger partial charge in [-0.3, -0.25) is 14.5 Å². The highest BCUT2D eigenvalue weighted by Crippen LogP contribution is 2.54. The molecule has 1 aliphatic carbocycles. The maximum atomic E-state index is 13.7. The van der Waals surface area contributed by atoms with Gasteiger partial charge in [0.2, 0.25) is 5.91 Å². The number of carbonyl (C=O) groups is 2. The minimum atomic E-state index is -0.970. The maximum Gasteiger partial charge on any atom is 0.326 e. The summed E-state index contributed by atoms with van der Waals surface area (Å²) in [5.41, 5.74) is 2.63. The zero-order valence-corrected chi connectivity index (χ0v) is 16.3. The summed E-state index contributed by atoms with van der Waals surface area (Å²) in [7, 11) is 0. The lowest BCUT2D eigenvalue weighted by Gasteiger charge is -2.27. The second-order valence-electron chi connectivity index (χ2n) is 7.43. The number of amides is 1. The quantitative estimate of drug-likeness (QED) is 0.729. The van der Waals surface area contributed by atoms with Crippen LogP contribution < -0.4 is 4.90 Å². The molecular formula is C21H20ClNO5. The van der Waals surface area contributed by atoms with Crippen LogP contribution in [0.2, 0.25) is 5.02 Å². The van der Waals surface area contributed by atoms with E-state index in [1.54, 1.807) is 19.1 Å². The van der Waals surface area contributed by atoms with Gasteiger partial charge in [0, 0.05) is 23.6 Å². The number of nitrogens with zero attached hydrogens (tertiary/aromatic N) is 1. The molecule has 146 valence electrons. The van der Waals surface area contributed by atoms with Crippen molar-refractivity contribution in [3.8, 4) is 0 Å². The molecule has 2 unspecified atom stereocenters. The van der Waals surface area contributed by atoms with E-state index in [-0.39, 0.29) is 31.8 Å². The van der Waals surface area contributed by atoms with Gasteiger partial charge < -0.3 is 14.2 Å². The van der Waals surface area contributed by atoms with Crippen LogP contribution >= 0.6 is 11.6 Å². The predicted octanol–water partition coefficient (Wildman–Crippen LogP) is 2.89. The van der Waals surface area contributed by atoms with E-state index in [0.29, 0.717) is 17.3 Å². The normalized spacial score (nSPS) is 27.5. The molecule has 5 rings (SSSR count). The van der Waals surface area contributed by atoms with Gasteiger partial charge in [0.25, 0.3) is 0 Å². The molecule has 4 aliphatic rings. The number of anilines is 1. The first kappa shape index (κ1) is 17.8. The van der Waals surface area contributed by atoms with Crippen molar-refractivity contribution in [3.05, 3.63) is 51.8 Å². The Kier molecular flexibility index (Phi) is 4.03. The molecule has 3 heterocycles. The third-order valence-corrected chi connectivity index (χ3v) is 6.22. The van der Waals surface area contributed by atoms with Gasteiger partial charge in [-0.1, -0.05) is 11.6 Å². The third kappa shape index (κ3) is 2.37. The van der Waals surface area contributed by atoms with Crippen molar-refractivity contribution in [2.24, 2.45) is 0 Å². The van der Waals surface area contributed by atoms with Crippen LogP contribution in [0.15, 0.2) is 41.2 Å². The highest BCUT2D eigenvalue weighted by molar-refractivity contribution is 6.31. The first-order valence-electron chi connectivity index (χ1n) is 9.50. The fourth-order valence-electron chi connectivity index (χ4n) is 4.73. The highest BCUT2D eigenvalue weighted by Gasteiger charge is 2.60. The number of rotatable bonds is 3. The first-order chi connectivity index (χ1) is 13.5. The number of allylic oxidation sites excluding steroid dienone is 1. The van der Waals surface area contributed by atoms with Crippen LogP contribution in [0.25, 0.3) is 0 Å². The van der Waals surface area contributed by atoms with E-state index < -0.39 is 11.4 Å². The van der Waals surface area contributed by atoms with Crippen molar-refractivity contribution in [2.45, 2.75) is 31.3 Å². The second kappa shape index (κ2) is 6.36. The first-order valence-corrected chi connectivity index (χ1v) is 9.88. The molecule has 0 saturated carbocycles. The summed E-state index contributed by atoms with van der Waals surface area (Å²) in [6, 6.07) is 5.33. The molecule has 7 heteroatoms. The fraction of sp³-hybridized carbons (Fsp3) is 0.429. The van der Waals surface area contributed by atoms with Crippen LogP contribution in [0, 0.1) is 0 Å². The maximum absolute atomic E-state index is 13.7. The van der Waals surface area contributed by atoms with E-state index in [1.165, 1.54) is 10.5 Å². The summed E-state index contributed by atoms with van der Waals surface area (Å²) >= 11 is 6.28. The number of hydrogen-bond donors (Lipinski definition) is 0. The minimum absolute atomic E-state index is 0.133.